The number of rotatable bonds is 10. The second kappa shape index (κ2) is 12.3. The first kappa shape index (κ1) is 34.0. The van der Waals surface area contributed by atoms with Crippen LogP contribution in [0.15, 0.2) is 36.4 Å². The van der Waals surface area contributed by atoms with Crippen molar-refractivity contribution in [3.8, 4) is 0 Å². The molecule has 3 nitrogen and oxygen atoms in total. The molecule has 0 spiro atoms. The van der Waals surface area contributed by atoms with E-state index in [0.717, 1.165) is 43.3 Å². The Morgan fingerprint density at radius 3 is 2.00 bits per heavy atom. The predicted octanol–water partition coefficient (Wildman–Crippen LogP) is 8.79. The van der Waals surface area contributed by atoms with Gasteiger partial charge in [0.2, 0.25) is 0 Å². The van der Waals surface area contributed by atoms with Crippen molar-refractivity contribution in [1.82, 2.24) is 0 Å². The lowest BCUT2D eigenvalue weighted by Gasteiger charge is -2.22. The minimum Gasteiger partial charge on any atom is -0.294 e. The third-order valence-corrected chi connectivity index (χ3v) is 7.89. The van der Waals surface area contributed by atoms with Crippen molar-refractivity contribution in [2.45, 2.75) is 44.5 Å². The van der Waals surface area contributed by atoms with E-state index in [0.29, 0.717) is 13.0 Å². The molecule has 0 aromatic heterocycles. The van der Waals surface area contributed by atoms with E-state index in [4.69, 9.17) is 23.2 Å². The molecule has 0 aliphatic rings. The van der Waals surface area contributed by atoms with Crippen molar-refractivity contribution in [3.05, 3.63) is 74.5 Å². The molecular formula is C25H21Cl2F9O3S. The molecule has 0 bridgehead atoms. The largest absolute Gasteiger partial charge is 0.417 e. The van der Waals surface area contributed by atoms with Crippen LogP contribution in [0.25, 0.3) is 6.08 Å². The smallest absolute Gasteiger partial charge is 0.294 e. The molecule has 222 valence electrons. The summed E-state index contributed by atoms with van der Waals surface area (Å²) in [6.07, 6.45) is -9.16. The third-order valence-electron chi connectivity index (χ3n) is 5.50. The van der Waals surface area contributed by atoms with Gasteiger partial charge in [-0.3, -0.25) is 4.79 Å². The average molecular weight is 643 g/mol. The molecule has 40 heavy (non-hydrogen) atoms. The predicted molar refractivity (Wildman–Crippen MR) is 133 cm³/mol. The Bertz CT molecular complexity index is 1360. The zero-order valence-corrected chi connectivity index (χ0v) is 22.9. The van der Waals surface area contributed by atoms with Gasteiger partial charge in [-0.05, 0) is 35.2 Å². The van der Waals surface area contributed by atoms with E-state index in [1.54, 1.807) is 0 Å². The van der Waals surface area contributed by atoms with Crippen molar-refractivity contribution in [2.24, 2.45) is 5.92 Å². The number of carbonyl (C=O) groups is 1. The lowest BCUT2D eigenvalue weighted by atomic mass is 9.91. The van der Waals surface area contributed by atoms with Gasteiger partial charge < -0.3 is 0 Å². The Labute approximate surface area is 233 Å². The van der Waals surface area contributed by atoms with Crippen molar-refractivity contribution >= 4 is 44.9 Å². The van der Waals surface area contributed by atoms with Gasteiger partial charge in [-0.15, -0.1) is 0 Å². The van der Waals surface area contributed by atoms with Gasteiger partial charge in [-0.2, -0.15) is 26.3 Å². The minimum absolute atomic E-state index is 0.225. The second-order valence-electron chi connectivity index (χ2n) is 9.30. The molecule has 2 atom stereocenters. The van der Waals surface area contributed by atoms with Crippen LogP contribution < -0.4 is 0 Å². The first-order valence-corrected chi connectivity index (χ1v) is 13.8. The normalized spacial score (nSPS) is 14.9. The second-order valence-corrected chi connectivity index (χ2v) is 12.2. The van der Waals surface area contributed by atoms with Gasteiger partial charge >= 0.3 is 12.4 Å². The maximum atomic E-state index is 14.3. The van der Waals surface area contributed by atoms with Crippen molar-refractivity contribution < 1.29 is 52.7 Å². The number of hydrogen-bond donors (Lipinski definition) is 0. The quantitative estimate of drug-likeness (QED) is 0.148. The molecular weight excluding hydrogens is 622 g/mol. The number of allylic oxidation sites excluding steroid dienone is 1. The van der Waals surface area contributed by atoms with E-state index in [1.807, 2.05) is 0 Å². The molecule has 0 amide bonds. The SMILES string of the molecule is C[C@@H](CC(=O)c1ccc(/C=C/C(c2cc(Cl)c(F)c(Cl)c2)C(C)(F)F)cc1C(F)(F)F)CS(=O)(=O)CC(F)(F)F. The summed E-state index contributed by atoms with van der Waals surface area (Å²) in [6.45, 7) is 1.63. The Balaban J connectivity index is 2.39. The van der Waals surface area contributed by atoms with Gasteiger partial charge in [0.05, 0.1) is 27.3 Å². The van der Waals surface area contributed by atoms with Gasteiger partial charge in [0.1, 0.15) is 5.75 Å². The summed E-state index contributed by atoms with van der Waals surface area (Å²) in [6, 6.07) is 4.07. The molecule has 2 rings (SSSR count). The molecule has 1 unspecified atom stereocenters. The molecule has 0 saturated carbocycles. The summed E-state index contributed by atoms with van der Waals surface area (Å²) >= 11 is 11.4. The fraction of sp³-hybridized carbons (Fsp3) is 0.400. The fourth-order valence-corrected chi connectivity index (χ4v) is 6.01. The van der Waals surface area contributed by atoms with E-state index in [9.17, 15) is 52.7 Å². The third kappa shape index (κ3) is 9.69. The Morgan fingerprint density at radius 2 is 1.52 bits per heavy atom. The zero-order chi connectivity index (χ0) is 30.8. The molecule has 0 aliphatic carbocycles. The Morgan fingerprint density at radius 1 is 0.975 bits per heavy atom. The maximum Gasteiger partial charge on any atom is 0.417 e. The topological polar surface area (TPSA) is 51.2 Å². The van der Waals surface area contributed by atoms with Crippen molar-refractivity contribution in [1.29, 1.82) is 0 Å². The molecule has 0 N–H and O–H groups in total. The lowest BCUT2D eigenvalue weighted by molar-refractivity contribution is -0.138. The highest BCUT2D eigenvalue weighted by molar-refractivity contribution is 7.91. The first-order chi connectivity index (χ1) is 18.0. The molecule has 2 aromatic rings. The number of sulfone groups is 1. The highest BCUT2D eigenvalue weighted by Crippen LogP contribution is 2.39. The van der Waals surface area contributed by atoms with E-state index in [-0.39, 0.29) is 11.1 Å². The van der Waals surface area contributed by atoms with E-state index in [1.165, 1.54) is 0 Å². The number of alkyl halides is 8. The molecule has 15 heteroatoms. The van der Waals surface area contributed by atoms with Gasteiger partial charge in [0.25, 0.3) is 5.92 Å². The lowest BCUT2D eigenvalue weighted by Crippen LogP contribution is -2.28. The summed E-state index contributed by atoms with van der Waals surface area (Å²) in [4.78, 5) is 12.6. The number of hydrogen-bond acceptors (Lipinski definition) is 3. The van der Waals surface area contributed by atoms with Crippen LogP contribution >= 0.6 is 23.2 Å². The minimum atomic E-state index is -5.10. The molecule has 0 fully saturated rings. The van der Waals surface area contributed by atoms with Crippen LogP contribution in [0.1, 0.15) is 53.2 Å². The van der Waals surface area contributed by atoms with Crippen LogP contribution in [-0.2, 0) is 16.0 Å². The monoisotopic (exact) mass is 642 g/mol. The first-order valence-electron chi connectivity index (χ1n) is 11.2. The van der Waals surface area contributed by atoms with Crippen LogP contribution in [0, 0.1) is 11.7 Å². The van der Waals surface area contributed by atoms with Crippen molar-refractivity contribution in [2.75, 3.05) is 11.5 Å². The zero-order valence-electron chi connectivity index (χ0n) is 20.6. The van der Waals surface area contributed by atoms with E-state index < -0.39 is 90.6 Å². The summed E-state index contributed by atoms with van der Waals surface area (Å²) in [5, 5.41) is -1.10. The van der Waals surface area contributed by atoms with Crippen molar-refractivity contribution in [3.63, 3.8) is 0 Å². The highest BCUT2D eigenvalue weighted by Gasteiger charge is 2.38. The maximum absolute atomic E-state index is 14.3. The van der Waals surface area contributed by atoms with Gasteiger partial charge in [-0.1, -0.05) is 54.4 Å². The average Bonchev–Trinajstić information content (AvgIpc) is 2.73. The number of ketones is 1. The standard InChI is InChI=1S/C25H21Cl2F9O3S/c1-13(11-40(38,39)12-24(31,32)33)7-21(37)16-5-3-14(8-18(16)25(34,35)36)4-6-17(23(2,29)30)15-9-19(26)22(28)20(27)10-15/h3-6,8-10,13,17H,7,11-12H2,1-2H3/b6-4+/t13-,17?/m0/s1. The number of halogens is 11. The van der Waals surface area contributed by atoms with Crippen LogP contribution in [-0.4, -0.2) is 37.8 Å². The summed E-state index contributed by atoms with van der Waals surface area (Å²) in [5.41, 5.74) is -2.81. The van der Waals surface area contributed by atoms with Crippen LogP contribution in [0.3, 0.4) is 0 Å². The number of benzene rings is 2. The van der Waals surface area contributed by atoms with Crippen LogP contribution in [0.2, 0.25) is 10.0 Å². The van der Waals surface area contributed by atoms with Gasteiger partial charge in [0.15, 0.2) is 21.4 Å². The molecule has 0 aliphatic heterocycles. The number of carbonyl (C=O) groups excluding carboxylic acids is 1. The Hall–Kier alpha value is -2.25. The van der Waals surface area contributed by atoms with Crippen LogP contribution in [0.5, 0.6) is 0 Å². The van der Waals surface area contributed by atoms with Crippen LogP contribution in [0.4, 0.5) is 39.5 Å². The molecule has 2 aromatic carbocycles. The molecule has 0 radical (unpaired) electrons. The number of Topliss-reactive ketones (excluding diaryl/α,β-unsaturated/α-hetero) is 1. The Kier molecular flexibility index (Phi) is 10.5. The van der Waals surface area contributed by atoms with E-state index >= 15 is 0 Å². The van der Waals surface area contributed by atoms with Gasteiger partial charge in [0, 0.05) is 18.9 Å². The highest BCUT2D eigenvalue weighted by atomic mass is 35.5. The summed E-state index contributed by atoms with van der Waals surface area (Å²) in [7, 11) is -4.68. The molecule has 0 saturated heterocycles. The van der Waals surface area contributed by atoms with E-state index in [2.05, 4.69) is 0 Å². The summed E-state index contributed by atoms with van der Waals surface area (Å²) < 4.78 is 144. The van der Waals surface area contributed by atoms with Gasteiger partial charge in [-0.25, -0.2) is 21.6 Å². The molecule has 0 heterocycles. The fourth-order valence-electron chi connectivity index (χ4n) is 3.91. The summed E-state index contributed by atoms with van der Waals surface area (Å²) in [5.74, 6) is -12.0.